The summed E-state index contributed by atoms with van der Waals surface area (Å²) in [6.45, 7) is 6.33. The molecule has 0 aromatic heterocycles. The molecule has 4 aromatic rings. The minimum Gasteiger partial charge on any atom is -0.438 e. The Morgan fingerprint density at radius 3 is 2.03 bits per heavy atom. The van der Waals surface area contributed by atoms with Crippen molar-refractivity contribution in [2.75, 3.05) is 0 Å². The van der Waals surface area contributed by atoms with Crippen molar-refractivity contribution in [3.05, 3.63) is 119 Å². The van der Waals surface area contributed by atoms with Crippen molar-refractivity contribution in [2.24, 2.45) is 0 Å². The van der Waals surface area contributed by atoms with E-state index in [1.54, 1.807) is 0 Å². The summed E-state index contributed by atoms with van der Waals surface area (Å²) < 4.78 is 12.8. The number of aryl methyl sites for hydroxylation is 3. The highest BCUT2D eigenvalue weighted by molar-refractivity contribution is 7.47. The first-order valence-electron chi connectivity index (χ1n) is 10.5. The third-order valence-electron chi connectivity index (χ3n) is 5.23. The molecule has 1 unspecified atom stereocenters. The number of benzene rings is 4. The van der Waals surface area contributed by atoms with E-state index in [-0.39, 0.29) is 0 Å². The monoisotopic (exact) mass is 426 g/mol. The highest BCUT2D eigenvalue weighted by Crippen LogP contribution is 2.46. The van der Waals surface area contributed by atoms with Crippen LogP contribution in [0.25, 0.3) is 11.1 Å². The lowest BCUT2D eigenvalue weighted by atomic mass is 9.97. The maximum atomic E-state index is 6.47. The van der Waals surface area contributed by atoms with E-state index in [0.29, 0.717) is 6.16 Å². The summed E-state index contributed by atoms with van der Waals surface area (Å²) >= 11 is 0. The van der Waals surface area contributed by atoms with Crippen LogP contribution in [0.5, 0.6) is 11.5 Å². The standard InChI is InChI=1S/C28H27O2P/c1-21-17-18-28(23(3)19-21)30-31(29-25-13-5-4-6-14-25)20-24-12-8-10-16-27(24)26-15-9-7-11-22(26)2/h4-19H,20H2,1-3H3. The number of para-hydroxylation sites is 1. The molecule has 4 rings (SSSR count). The summed E-state index contributed by atoms with van der Waals surface area (Å²) in [7, 11) is -1.23. The van der Waals surface area contributed by atoms with Crippen molar-refractivity contribution in [3.63, 3.8) is 0 Å². The van der Waals surface area contributed by atoms with E-state index in [1.165, 1.54) is 27.8 Å². The van der Waals surface area contributed by atoms with Gasteiger partial charge >= 0.3 is 0 Å². The molecule has 3 heteroatoms. The molecular weight excluding hydrogens is 399 g/mol. The zero-order valence-corrected chi connectivity index (χ0v) is 19.1. The van der Waals surface area contributed by atoms with Crippen LogP contribution in [-0.4, -0.2) is 0 Å². The quantitative estimate of drug-likeness (QED) is 0.277. The Morgan fingerprint density at radius 1 is 0.613 bits per heavy atom. The summed E-state index contributed by atoms with van der Waals surface area (Å²) in [5, 5.41) is 0. The first-order chi connectivity index (χ1) is 15.1. The first-order valence-corrected chi connectivity index (χ1v) is 11.9. The van der Waals surface area contributed by atoms with Gasteiger partial charge < -0.3 is 9.05 Å². The molecule has 31 heavy (non-hydrogen) atoms. The van der Waals surface area contributed by atoms with Crippen molar-refractivity contribution >= 4 is 8.38 Å². The van der Waals surface area contributed by atoms with Gasteiger partial charge in [-0.1, -0.05) is 84.4 Å². The van der Waals surface area contributed by atoms with E-state index in [1.807, 2.05) is 36.4 Å². The molecular formula is C28H27O2P. The average molecular weight is 426 g/mol. The third kappa shape index (κ3) is 5.34. The third-order valence-corrected chi connectivity index (χ3v) is 6.65. The molecule has 0 saturated carbocycles. The Balaban J connectivity index is 1.67. The van der Waals surface area contributed by atoms with Crippen molar-refractivity contribution < 1.29 is 9.05 Å². The van der Waals surface area contributed by atoms with E-state index in [4.69, 9.17) is 9.05 Å². The van der Waals surface area contributed by atoms with Crippen molar-refractivity contribution in [2.45, 2.75) is 26.9 Å². The molecule has 0 heterocycles. The maximum absolute atomic E-state index is 6.47. The van der Waals surface area contributed by atoms with Crippen LogP contribution in [0.4, 0.5) is 0 Å². The Hall–Kier alpha value is -3.09. The van der Waals surface area contributed by atoms with Gasteiger partial charge in [0.1, 0.15) is 11.5 Å². The summed E-state index contributed by atoms with van der Waals surface area (Å²) in [4.78, 5) is 0. The second-order valence-corrected chi connectivity index (χ2v) is 9.07. The molecule has 2 nitrogen and oxygen atoms in total. The van der Waals surface area contributed by atoms with Gasteiger partial charge in [-0.2, -0.15) is 0 Å². The molecule has 0 radical (unpaired) electrons. The lowest BCUT2D eigenvalue weighted by Crippen LogP contribution is -2.01. The summed E-state index contributed by atoms with van der Waals surface area (Å²) in [6.07, 6.45) is 0.696. The molecule has 0 aliphatic heterocycles. The van der Waals surface area contributed by atoms with Gasteiger partial charge in [-0.15, -0.1) is 0 Å². The SMILES string of the molecule is Cc1ccc(OP(Cc2ccccc2-c2ccccc2C)Oc2ccccc2)c(C)c1. The number of hydrogen-bond donors (Lipinski definition) is 0. The molecule has 0 amide bonds. The fourth-order valence-corrected chi connectivity index (χ4v) is 5.13. The van der Waals surface area contributed by atoms with Crippen molar-refractivity contribution in [1.29, 1.82) is 0 Å². The van der Waals surface area contributed by atoms with Gasteiger partial charge in [-0.3, -0.25) is 0 Å². The lowest BCUT2D eigenvalue weighted by molar-refractivity contribution is 0.486. The second kappa shape index (κ2) is 9.81. The van der Waals surface area contributed by atoms with Crippen LogP contribution < -0.4 is 9.05 Å². The van der Waals surface area contributed by atoms with Crippen LogP contribution in [0.3, 0.4) is 0 Å². The van der Waals surface area contributed by atoms with E-state index in [9.17, 15) is 0 Å². The normalized spacial score (nSPS) is 11.7. The van der Waals surface area contributed by atoms with Gasteiger partial charge in [0.2, 0.25) is 0 Å². The molecule has 0 aliphatic rings. The van der Waals surface area contributed by atoms with Gasteiger partial charge in [0.05, 0.1) is 6.16 Å². The Kier molecular flexibility index (Phi) is 6.70. The van der Waals surface area contributed by atoms with Crippen LogP contribution in [0.2, 0.25) is 0 Å². The van der Waals surface area contributed by atoms with E-state index < -0.39 is 8.38 Å². The lowest BCUT2D eigenvalue weighted by Gasteiger charge is -2.21. The molecule has 0 fully saturated rings. The van der Waals surface area contributed by atoms with Crippen molar-refractivity contribution in [3.8, 4) is 22.6 Å². The molecule has 0 N–H and O–H groups in total. The average Bonchev–Trinajstić information content (AvgIpc) is 2.77. The van der Waals surface area contributed by atoms with Gasteiger partial charge in [-0.25, -0.2) is 0 Å². The largest absolute Gasteiger partial charge is 0.438 e. The predicted molar refractivity (Wildman–Crippen MR) is 131 cm³/mol. The maximum Gasteiger partial charge on any atom is 0.295 e. The minimum atomic E-state index is -1.23. The van der Waals surface area contributed by atoms with E-state index in [2.05, 4.69) is 81.4 Å². The highest BCUT2D eigenvalue weighted by atomic mass is 31.2. The predicted octanol–water partition coefficient (Wildman–Crippen LogP) is 8.25. The van der Waals surface area contributed by atoms with Crippen LogP contribution in [-0.2, 0) is 6.16 Å². The van der Waals surface area contributed by atoms with Gasteiger partial charge in [-0.05, 0) is 66.8 Å². The van der Waals surface area contributed by atoms with Gasteiger partial charge in [0.25, 0.3) is 8.38 Å². The van der Waals surface area contributed by atoms with Crippen LogP contribution in [0, 0.1) is 20.8 Å². The molecule has 156 valence electrons. The molecule has 0 aliphatic carbocycles. The zero-order chi connectivity index (χ0) is 21.6. The van der Waals surface area contributed by atoms with E-state index >= 15 is 0 Å². The second-order valence-electron chi connectivity index (χ2n) is 7.73. The molecule has 0 spiro atoms. The highest BCUT2D eigenvalue weighted by Gasteiger charge is 2.20. The van der Waals surface area contributed by atoms with Crippen LogP contribution in [0.1, 0.15) is 22.3 Å². The molecule has 0 saturated heterocycles. The fourth-order valence-electron chi connectivity index (χ4n) is 3.63. The fraction of sp³-hybridized carbons (Fsp3) is 0.143. The Morgan fingerprint density at radius 2 is 1.29 bits per heavy atom. The zero-order valence-electron chi connectivity index (χ0n) is 18.2. The molecule has 0 bridgehead atoms. The smallest absolute Gasteiger partial charge is 0.295 e. The summed E-state index contributed by atoms with van der Waals surface area (Å²) in [5.74, 6) is 1.70. The minimum absolute atomic E-state index is 0.696. The Bertz CT molecular complexity index is 1150. The molecule has 4 aromatic carbocycles. The Labute approximate surface area is 186 Å². The summed E-state index contributed by atoms with van der Waals surface area (Å²) in [5.41, 5.74) is 7.31. The van der Waals surface area contributed by atoms with E-state index in [0.717, 1.165) is 17.1 Å². The topological polar surface area (TPSA) is 18.5 Å². The van der Waals surface area contributed by atoms with Gasteiger partial charge in [0.15, 0.2) is 0 Å². The summed E-state index contributed by atoms with van der Waals surface area (Å²) in [6, 6.07) is 33.3. The van der Waals surface area contributed by atoms with Crippen LogP contribution in [0.15, 0.2) is 97.1 Å². The number of hydrogen-bond acceptors (Lipinski definition) is 2. The van der Waals surface area contributed by atoms with Gasteiger partial charge in [0, 0.05) is 0 Å². The molecule has 1 atom stereocenters. The number of rotatable bonds is 7. The first kappa shape index (κ1) is 21.2. The van der Waals surface area contributed by atoms with Crippen LogP contribution >= 0.6 is 8.38 Å². The van der Waals surface area contributed by atoms with Crippen molar-refractivity contribution in [1.82, 2.24) is 0 Å².